The number of ether oxygens (including phenoxy) is 1. The molecule has 0 N–H and O–H groups in total. The smallest absolute Gasteiger partial charge is 0.124 e. The average Bonchev–Trinajstić information content (AvgIpc) is 2.31. The second-order valence-electron chi connectivity index (χ2n) is 3.73. The summed E-state index contributed by atoms with van der Waals surface area (Å²) in [5.74, 6) is 0. The van der Waals surface area contributed by atoms with Gasteiger partial charge in [0.25, 0.3) is 0 Å². The highest BCUT2D eigenvalue weighted by molar-refractivity contribution is 9.10. The molecule has 0 spiro atoms. The molecule has 1 aliphatic heterocycles. The van der Waals surface area contributed by atoms with Gasteiger partial charge in [-0.2, -0.15) is 5.26 Å². The van der Waals surface area contributed by atoms with Gasteiger partial charge in [0.15, 0.2) is 0 Å². The van der Waals surface area contributed by atoms with Crippen molar-refractivity contribution in [2.24, 2.45) is 0 Å². The minimum Gasteiger partial charge on any atom is -0.379 e. The van der Waals surface area contributed by atoms with Crippen molar-refractivity contribution in [3.05, 3.63) is 34.3 Å². The Balaban J connectivity index is 2.18. The van der Waals surface area contributed by atoms with Crippen molar-refractivity contribution < 1.29 is 4.74 Å². The van der Waals surface area contributed by atoms with E-state index in [1.807, 2.05) is 24.3 Å². The van der Waals surface area contributed by atoms with E-state index in [1.54, 1.807) is 0 Å². The molecule has 16 heavy (non-hydrogen) atoms. The maximum Gasteiger partial charge on any atom is 0.124 e. The topological polar surface area (TPSA) is 36.3 Å². The highest BCUT2D eigenvalue weighted by Gasteiger charge is 2.22. The Bertz CT molecular complexity index is 396. The van der Waals surface area contributed by atoms with Gasteiger partial charge in [-0.15, -0.1) is 0 Å². The lowest BCUT2D eigenvalue weighted by Crippen LogP contribution is -2.38. The highest BCUT2D eigenvalue weighted by atomic mass is 79.9. The van der Waals surface area contributed by atoms with Gasteiger partial charge in [0.1, 0.15) is 6.04 Å². The average molecular weight is 281 g/mol. The minimum atomic E-state index is -0.165. The van der Waals surface area contributed by atoms with Crippen LogP contribution in [-0.2, 0) is 4.74 Å². The predicted molar refractivity (Wildman–Crippen MR) is 64.9 cm³/mol. The third kappa shape index (κ3) is 2.62. The summed E-state index contributed by atoms with van der Waals surface area (Å²) in [6, 6.07) is 10.1. The number of benzene rings is 1. The molecule has 1 aromatic rings. The summed E-state index contributed by atoms with van der Waals surface area (Å²) in [4.78, 5) is 2.16. The van der Waals surface area contributed by atoms with Crippen molar-refractivity contribution >= 4 is 15.9 Å². The second kappa shape index (κ2) is 5.44. The molecule has 0 amide bonds. The molecular formula is C12H13BrN2O. The molecule has 1 heterocycles. The van der Waals surface area contributed by atoms with Crippen molar-refractivity contribution in [1.82, 2.24) is 4.90 Å². The fourth-order valence-electron chi connectivity index (χ4n) is 1.88. The molecule has 1 aliphatic rings. The molecule has 0 radical (unpaired) electrons. The largest absolute Gasteiger partial charge is 0.379 e. The highest BCUT2D eigenvalue weighted by Crippen LogP contribution is 2.23. The van der Waals surface area contributed by atoms with E-state index in [4.69, 9.17) is 4.74 Å². The number of nitrogens with zero attached hydrogens (tertiary/aromatic N) is 2. The summed E-state index contributed by atoms with van der Waals surface area (Å²) in [7, 11) is 0. The van der Waals surface area contributed by atoms with Crippen LogP contribution in [0.2, 0.25) is 0 Å². The molecule has 0 unspecified atom stereocenters. The van der Waals surface area contributed by atoms with E-state index in [1.165, 1.54) is 0 Å². The van der Waals surface area contributed by atoms with Gasteiger partial charge in [0.2, 0.25) is 0 Å². The van der Waals surface area contributed by atoms with Crippen LogP contribution in [-0.4, -0.2) is 31.2 Å². The van der Waals surface area contributed by atoms with Crippen LogP contribution in [0.1, 0.15) is 11.6 Å². The summed E-state index contributed by atoms with van der Waals surface area (Å²) >= 11 is 3.43. The van der Waals surface area contributed by atoms with Gasteiger partial charge in [0.05, 0.1) is 19.3 Å². The summed E-state index contributed by atoms with van der Waals surface area (Å²) < 4.78 is 6.31. The van der Waals surface area contributed by atoms with Crippen LogP contribution in [0, 0.1) is 11.3 Å². The molecular weight excluding hydrogens is 268 g/mol. The monoisotopic (exact) mass is 280 g/mol. The Labute approximate surface area is 104 Å². The Morgan fingerprint density at radius 3 is 2.75 bits per heavy atom. The normalized spacial score (nSPS) is 19.0. The van der Waals surface area contributed by atoms with Gasteiger partial charge in [-0.3, -0.25) is 4.90 Å². The summed E-state index contributed by atoms with van der Waals surface area (Å²) in [5, 5.41) is 9.27. The SMILES string of the molecule is N#C[C@H](c1cccc(Br)c1)N1CCOCC1. The van der Waals surface area contributed by atoms with E-state index >= 15 is 0 Å². The first-order valence-electron chi connectivity index (χ1n) is 5.28. The minimum absolute atomic E-state index is 0.165. The quantitative estimate of drug-likeness (QED) is 0.835. The molecule has 0 bridgehead atoms. The molecule has 84 valence electrons. The van der Waals surface area contributed by atoms with E-state index in [2.05, 4.69) is 26.9 Å². The van der Waals surface area contributed by atoms with E-state index < -0.39 is 0 Å². The van der Waals surface area contributed by atoms with E-state index in [-0.39, 0.29) is 6.04 Å². The summed E-state index contributed by atoms with van der Waals surface area (Å²) in [5.41, 5.74) is 1.04. The zero-order valence-electron chi connectivity index (χ0n) is 8.90. The molecule has 3 nitrogen and oxygen atoms in total. The first-order chi connectivity index (χ1) is 7.81. The number of halogens is 1. The molecule has 0 saturated carbocycles. The molecule has 1 saturated heterocycles. The first-order valence-corrected chi connectivity index (χ1v) is 6.07. The van der Waals surface area contributed by atoms with E-state index in [0.717, 1.165) is 23.1 Å². The lowest BCUT2D eigenvalue weighted by Gasteiger charge is -2.30. The number of nitriles is 1. The third-order valence-electron chi connectivity index (χ3n) is 2.70. The molecule has 0 aliphatic carbocycles. The van der Waals surface area contributed by atoms with E-state index in [0.29, 0.717) is 13.2 Å². The van der Waals surface area contributed by atoms with Gasteiger partial charge in [-0.25, -0.2) is 0 Å². The van der Waals surface area contributed by atoms with Crippen LogP contribution in [0.15, 0.2) is 28.7 Å². The summed E-state index contributed by atoms with van der Waals surface area (Å²) in [6.45, 7) is 3.08. The fraction of sp³-hybridized carbons (Fsp3) is 0.417. The van der Waals surface area contributed by atoms with Crippen LogP contribution >= 0.6 is 15.9 Å². The zero-order chi connectivity index (χ0) is 11.4. The van der Waals surface area contributed by atoms with Crippen LogP contribution in [0.4, 0.5) is 0 Å². The Hall–Kier alpha value is -0.890. The number of hydrogen-bond donors (Lipinski definition) is 0. The molecule has 0 aromatic heterocycles. The van der Waals surface area contributed by atoms with Crippen LogP contribution < -0.4 is 0 Å². The second-order valence-corrected chi connectivity index (χ2v) is 4.65. The van der Waals surface area contributed by atoms with Gasteiger partial charge >= 0.3 is 0 Å². The van der Waals surface area contributed by atoms with Crippen LogP contribution in [0.25, 0.3) is 0 Å². The van der Waals surface area contributed by atoms with Crippen LogP contribution in [0.3, 0.4) is 0 Å². The standard InChI is InChI=1S/C12H13BrN2O/c13-11-3-1-2-10(8-11)12(9-14)15-4-6-16-7-5-15/h1-3,8,12H,4-7H2/t12-/m1/s1. The first kappa shape index (κ1) is 11.6. The Morgan fingerprint density at radius 2 is 2.12 bits per heavy atom. The third-order valence-corrected chi connectivity index (χ3v) is 3.19. The van der Waals surface area contributed by atoms with Gasteiger partial charge in [0, 0.05) is 17.6 Å². The predicted octanol–water partition coefficient (Wildman–Crippen LogP) is 2.35. The Morgan fingerprint density at radius 1 is 1.38 bits per heavy atom. The van der Waals surface area contributed by atoms with Crippen molar-refractivity contribution in [1.29, 1.82) is 5.26 Å². The maximum absolute atomic E-state index is 9.27. The lowest BCUT2D eigenvalue weighted by molar-refractivity contribution is 0.0266. The zero-order valence-corrected chi connectivity index (χ0v) is 10.5. The molecule has 1 atom stereocenters. The molecule has 4 heteroatoms. The number of hydrogen-bond acceptors (Lipinski definition) is 3. The number of rotatable bonds is 2. The fourth-order valence-corrected chi connectivity index (χ4v) is 2.30. The lowest BCUT2D eigenvalue weighted by atomic mass is 10.1. The van der Waals surface area contributed by atoms with Gasteiger partial charge < -0.3 is 4.74 Å². The van der Waals surface area contributed by atoms with Gasteiger partial charge in [-0.1, -0.05) is 28.1 Å². The maximum atomic E-state index is 9.27. The van der Waals surface area contributed by atoms with Crippen molar-refractivity contribution in [3.63, 3.8) is 0 Å². The molecule has 1 aromatic carbocycles. The van der Waals surface area contributed by atoms with Crippen molar-refractivity contribution in [2.75, 3.05) is 26.3 Å². The molecule has 2 rings (SSSR count). The molecule has 1 fully saturated rings. The number of morpholine rings is 1. The summed E-state index contributed by atoms with van der Waals surface area (Å²) in [6.07, 6.45) is 0. The van der Waals surface area contributed by atoms with Crippen molar-refractivity contribution in [3.8, 4) is 6.07 Å². The van der Waals surface area contributed by atoms with E-state index in [9.17, 15) is 5.26 Å². The van der Waals surface area contributed by atoms with Gasteiger partial charge in [-0.05, 0) is 17.7 Å². The van der Waals surface area contributed by atoms with Crippen LogP contribution in [0.5, 0.6) is 0 Å². The Kier molecular flexibility index (Phi) is 3.94. The van der Waals surface area contributed by atoms with Crippen molar-refractivity contribution in [2.45, 2.75) is 6.04 Å².